The van der Waals surface area contributed by atoms with Gasteiger partial charge in [-0.2, -0.15) is 0 Å². The average molecular weight is 421 g/mol. The lowest BCUT2D eigenvalue weighted by molar-refractivity contribution is -0.259. The van der Waals surface area contributed by atoms with Crippen LogP contribution in [0.25, 0.3) is 0 Å². The van der Waals surface area contributed by atoms with Gasteiger partial charge < -0.3 is 9.47 Å². The number of ketones is 1. The third-order valence-corrected chi connectivity index (χ3v) is 8.77. The molecule has 3 atom stereocenters. The van der Waals surface area contributed by atoms with Gasteiger partial charge >= 0.3 is 0 Å². The molecule has 0 amide bonds. The third kappa shape index (κ3) is 4.35. The number of hydrogen-bond donors (Lipinski definition) is 0. The highest BCUT2D eigenvalue weighted by Crippen LogP contribution is 2.55. The predicted octanol–water partition coefficient (Wildman–Crippen LogP) is 4.32. The summed E-state index contributed by atoms with van der Waals surface area (Å²) in [6.45, 7) is 10.6. The van der Waals surface area contributed by atoms with Gasteiger partial charge in [-0.1, -0.05) is 37.3 Å². The van der Waals surface area contributed by atoms with Crippen LogP contribution >= 0.6 is 0 Å². The summed E-state index contributed by atoms with van der Waals surface area (Å²) in [4.78, 5) is 12.3. The van der Waals surface area contributed by atoms with Crippen LogP contribution < -0.4 is 0 Å². The molecule has 0 bridgehead atoms. The molecule has 29 heavy (non-hydrogen) atoms. The van der Waals surface area contributed by atoms with E-state index in [1.54, 1.807) is 30.3 Å². The van der Waals surface area contributed by atoms with Crippen molar-refractivity contribution in [1.82, 2.24) is 0 Å². The summed E-state index contributed by atoms with van der Waals surface area (Å²) in [7, 11) is -3.66. The van der Waals surface area contributed by atoms with Crippen LogP contribution in [-0.2, 0) is 24.1 Å². The van der Waals surface area contributed by atoms with Crippen LogP contribution in [0.15, 0.2) is 47.4 Å². The Morgan fingerprint density at radius 2 is 1.83 bits per heavy atom. The van der Waals surface area contributed by atoms with Crippen molar-refractivity contribution in [2.45, 2.75) is 68.8 Å². The van der Waals surface area contributed by atoms with Gasteiger partial charge in [0.15, 0.2) is 15.6 Å². The van der Waals surface area contributed by atoms with E-state index in [9.17, 15) is 13.2 Å². The zero-order valence-corrected chi connectivity index (χ0v) is 18.5. The first-order chi connectivity index (χ1) is 13.6. The number of Topliss-reactive ketones (excluding diaryl/α,β-unsaturated/α-hetero) is 1. The Hall–Kier alpha value is -1.50. The average Bonchev–Trinajstić information content (AvgIpc) is 3.14. The maximum atomic E-state index is 13.4. The standard InChI is InChI=1S/C23H32O5S/c1-17(2)19-10-11-22(4,23(15-19)27-12-13-28-23)16-21(14-18(3)24)29(25,26)20-8-6-5-7-9-20/h5-9,19,21H,1,10-16H2,2-4H3/t19-,21?,22?/m1/s1. The number of rotatable bonds is 7. The minimum atomic E-state index is -3.66. The Morgan fingerprint density at radius 1 is 1.21 bits per heavy atom. The van der Waals surface area contributed by atoms with Crippen molar-refractivity contribution >= 4 is 15.6 Å². The van der Waals surface area contributed by atoms with Crippen molar-refractivity contribution in [2.75, 3.05) is 13.2 Å². The Morgan fingerprint density at radius 3 is 2.38 bits per heavy atom. The smallest absolute Gasteiger partial charge is 0.181 e. The number of hydrogen-bond acceptors (Lipinski definition) is 5. The van der Waals surface area contributed by atoms with Crippen LogP contribution in [0.4, 0.5) is 0 Å². The first-order valence-electron chi connectivity index (χ1n) is 10.3. The Balaban J connectivity index is 1.96. The molecule has 1 saturated carbocycles. The van der Waals surface area contributed by atoms with Crippen molar-refractivity contribution in [3.8, 4) is 0 Å². The van der Waals surface area contributed by atoms with Crippen molar-refractivity contribution in [2.24, 2.45) is 11.3 Å². The fourth-order valence-corrected chi connectivity index (χ4v) is 6.84. The van der Waals surface area contributed by atoms with Gasteiger partial charge in [0.1, 0.15) is 5.78 Å². The first-order valence-corrected chi connectivity index (χ1v) is 11.9. The van der Waals surface area contributed by atoms with Crippen molar-refractivity contribution in [3.63, 3.8) is 0 Å². The minimum absolute atomic E-state index is 0.00713. The number of carbonyl (C=O) groups is 1. The fourth-order valence-electron chi connectivity index (χ4n) is 4.87. The molecule has 6 heteroatoms. The van der Waals surface area contributed by atoms with E-state index < -0.39 is 26.3 Å². The maximum absolute atomic E-state index is 13.4. The molecule has 0 N–H and O–H groups in total. The quantitative estimate of drug-likeness (QED) is 0.614. The molecule has 0 radical (unpaired) electrons. The summed E-state index contributed by atoms with van der Waals surface area (Å²) in [6.07, 6.45) is 2.68. The highest BCUT2D eigenvalue weighted by molar-refractivity contribution is 7.92. The van der Waals surface area contributed by atoms with Gasteiger partial charge in [-0.05, 0) is 51.2 Å². The van der Waals surface area contributed by atoms with E-state index in [1.165, 1.54) is 6.92 Å². The van der Waals surface area contributed by atoms with Gasteiger partial charge in [0.05, 0.1) is 23.4 Å². The van der Waals surface area contributed by atoms with Crippen LogP contribution in [0, 0.1) is 11.3 Å². The molecule has 1 aliphatic heterocycles. The molecule has 1 aromatic rings. The normalized spacial score (nSPS) is 27.6. The molecule has 3 rings (SSSR count). The molecule has 1 aromatic carbocycles. The number of carbonyl (C=O) groups excluding carboxylic acids is 1. The highest BCUT2D eigenvalue weighted by atomic mass is 32.2. The van der Waals surface area contributed by atoms with Gasteiger partial charge in [0, 0.05) is 18.3 Å². The SMILES string of the molecule is C=C(C)[C@@H]1CCC(C)(CC(CC(C)=O)S(=O)(=O)c2ccccc2)C2(C1)OCCO2. The molecular weight excluding hydrogens is 388 g/mol. The molecule has 1 aliphatic carbocycles. The third-order valence-electron chi connectivity index (χ3n) is 6.63. The van der Waals surface area contributed by atoms with Crippen molar-refractivity contribution in [3.05, 3.63) is 42.5 Å². The van der Waals surface area contributed by atoms with Gasteiger partial charge in [0.25, 0.3) is 0 Å². The lowest BCUT2D eigenvalue weighted by atomic mass is 9.63. The molecule has 1 heterocycles. The van der Waals surface area contributed by atoms with E-state index in [2.05, 4.69) is 13.5 Å². The highest BCUT2D eigenvalue weighted by Gasteiger charge is 2.57. The van der Waals surface area contributed by atoms with Gasteiger partial charge in [-0.15, -0.1) is 0 Å². The topological polar surface area (TPSA) is 69.7 Å². The molecule has 2 fully saturated rings. The maximum Gasteiger partial charge on any atom is 0.181 e. The van der Waals surface area contributed by atoms with Crippen LogP contribution in [0.5, 0.6) is 0 Å². The Bertz CT molecular complexity index is 855. The molecule has 160 valence electrons. The number of ether oxygens (including phenoxy) is 2. The van der Waals surface area contributed by atoms with Crippen LogP contribution in [-0.4, -0.2) is 38.5 Å². The summed E-state index contributed by atoms with van der Waals surface area (Å²) in [6, 6.07) is 8.40. The van der Waals surface area contributed by atoms with Crippen LogP contribution in [0.3, 0.4) is 0 Å². The van der Waals surface area contributed by atoms with Crippen molar-refractivity contribution in [1.29, 1.82) is 0 Å². The van der Waals surface area contributed by atoms with E-state index in [1.807, 2.05) is 6.92 Å². The summed E-state index contributed by atoms with van der Waals surface area (Å²) in [5.74, 6) is -0.662. The second-order valence-electron chi connectivity index (χ2n) is 8.89. The number of benzene rings is 1. The lowest BCUT2D eigenvalue weighted by Crippen LogP contribution is -2.54. The van der Waals surface area contributed by atoms with E-state index in [4.69, 9.17) is 9.47 Å². The van der Waals surface area contributed by atoms with Gasteiger partial charge in [0.2, 0.25) is 0 Å². The summed E-state index contributed by atoms with van der Waals surface area (Å²) in [5.41, 5.74) is 0.597. The van der Waals surface area contributed by atoms with Crippen LogP contribution in [0.1, 0.15) is 52.9 Å². The summed E-state index contributed by atoms with van der Waals surface area (Å²) in [5, 5.41) is -0.807. The monoisotopic (exact) mass is 420 g/mol. The molecule has 1 saturated heterocycles. The molecule has 2 unspecified atom stereocenters. The van der Waals surface area contributed by atoms with Crippen molar-refractivity contribution < 1.29 is 22.7 Å². The summed E-state index contributed by atoms with van der Waals surface area (Å²) >= 11 is 0. The van der Waals surface area contributed by atoms with E-state index in [0.29, 0.717) is 26.1 Å². The Kier molecular flexibility index (Phi) is 6.37. The molecule has 5 nitrogen and oxygen atoms in total. The zero-order valence-electron chi connectivity index (χ0n) is 17.6. The Labute approximate surface area is 174 Å². The first kappa shape index (κ1) is 22.2. The van der Waals surface area contributed by atoms with E-state index >= 15 is 0 Å². The number of sulfone groups is 1. The molecule has 0 aromatic heterocycles. The molecule has 2 aliphatic rings. The summed E-state index contributed by atoms with van der Waals surface area (Å²) < 4.78 is 39.1. The van der Waals surface area contributed by atoms with E-state index in [0.717, 1.165) is 18.4 Å². The second kappa shape index (κ2) is 8.32. The molecular formula is C23H32O5S. The number of allylic oxidation sites excluding steroid dienone is 1. The van der Waals surface area contributed by atoms with Gasteiger partial charge in [-0.3, -0.25) is 4.79 Å². The lowest BCUT2D eigenvalue weighted by Gasteiger charge is -2.51. The largest absolute Gasteiger partial charge is 0.347 e. The van der Waals surface area contributed by atoms with E-state index in [-0.39, 0.29) is 23.0 Å². The minimum Gasteiger partial charge on any atom is -0.347 e. The fraction of sp³-hybridized carbons (Fsp3) is 0.609. The van der Waals surface area contributed by atoms with Crippen LogP contribution in [0.2, 0.25) is 0 Å². The predicted molar refractivity (Wildman–Crippen MR) is 112 cm³/mol. The zero-order chi connectivity index (χ0) is 21.3. The van der Waals surface area contributed by atoms with Gasteiger partial charge in [-0.25, -0.2) is 8.42 Å². The molecule has 1 spiro atoms. The second-order valence-corrected chi connectivity index (χ2v) is 11.1.